The second-order valence-corrected chi connectivity index (χ2v) is 7.84. The average Bonchev–Trinajstić information content (AvgIpc) is 2.86. The number of sulfone groups is 1. The highest BCUT2D eigenvalue weighted by molar-refractivity contribution is 7.91. The van der Waals surface area contributed by atoms with Crippen LogP contribution in [0.3, 0.4) is 0 Å². The molecule has 1 atom stereocenters. The Bertz CT molecular complexity index is 632. The summed E-state index contributed by atoms with van der Waals surface area (Å²) in [6.07, 6.45) is 1.18. The highest BCUT2D eigenvalue weighted by Gasteiger charge is 2.32. The first-order valence-electron chi connectivity index (χ1n) is 7.04. The van der Waals surface area contributed by atoms with Crippen molar-refractivity contribution in [3.8, 4) is 0 Å². The van der Waals surface area contributed by atoms with Gasteiger partial charge in [0, 0.05) is 6.54 Å². The van der Waals surface area contributed by atoms with Crippen molar-refractivity contribution < 1.29 is 13.2 Å². The highest BCUT2D eigenvalue weighted by Crippen LogP contribution is 2.17. The molecular weight excluding hydrogens is 322 g/mol. The van der Waals surface area contributed by atoms with E-state index in [-0.39, 0.29) is 17.4 Å². The lowest BCUT2D eigenvalue weighted by Crippen LogP contribution is -2.49. The maximum absolute atomic E-state index is 11.8. The maximum atomic E-state index is 11.8. The van der Waals surface area contributed by atoms with Crippen LogP contribution in [0.4, 0.5) is 0 Å². The lowest BCUT2D eigenvalue weighted by Gasteiger charge is -2.13. The molecule has 1 heterocycles. The van der Waals surface area contributed by atoms with Crippen LogP contribution in [0.5, 0.6) is 0 Å². The molecule has 1 aromatic rings. The summed E-state index contributed by atoms with van der Waals surface area (Å²) in [5, 5.41) is 3.29. The first kappa shape index (κ1) is 16.7. The Labute approximate surface area is 135 Å². The van der Waals surface area contributed by atoms with Crippen LogP contribution in [0.25, 0.3) is 0 Å². The zero-order valence-corrected chi connectivity index (χ0v) is 13.7. The normalized spacial score (nSPS) is 19.4. The summed E-state index contributed by atoms with van der Waals surface area (Å²) in [7, 11) is -3.06. The van der Waals surface area contributed by atoms with E-state index in [4.69, 9.17) is 12.2 Å². The third-order valence-electron chi connectivity index (χ3n) is 3.44. The molecule has 1 aliphatic heterocycles. The minimum atomic E-state index is -3.06. The Balaban J connectivity index is 1.64. The first-order valence-corrected chi connectivity index (χ1v) is 9.27. The second-order valence-electron chi connectivity index (χ2n) is 5.21. The number of benzene rings is 1. The molecule has 0 bridgehead atoms. The van der Waals surface area contributed by atoms with Crippen molar-refractivity contribution in [3.05, 3.63) is 35.9 Å². The van der Waals surface area contributed by atoms with Crippen LogP contribution in [0.1, 0.15) is 12.0 Å². The summed E-state index contributed by atoms with van der Waals surface area (Å²) < 4.78 is 22.6. The van der Waals surface area contributed by atoms with Crippen molar-refractivity contribution in [1.82, 2.24) is 16.2 Å². The Kier molecular flexibility index (Phi) is 5.73. The summed E-state index contributed by atoms with van der Waals surface area (Å²) in [5.41, 5.74) is 6.25. The third-order valence-corrected chi connectivity index (χ3v) is 5.46. The van der Waals surface area contributed by atoms with Crippen molar-refractivity contribution >= 4 is 33.1 Å². The van der Waals surface area contributed by atoms with E-state index < -0.39 is 15.8 Å². The van der Waals surface area contributed by atoms with Crippen LogP contribution >= 0.6 is 12.2 Å². The van der Waals surface area contributed by atoms with Gasteiger partial charge in [-0.15, -0.1) is 0 Å². The fourth-order valence-corrected chi connectivity index (χ4v) is 4.13. The summed E-state index contributed by atoms with van der Waals surface area (Å²) >= 11 is 5.05. The van der Waals surface area contributed by atoms with E-state index in [0.29, 0.717) is 18.1 Å². The first-order chi connectivity index (χ1) is 10.5. The maximum Gasteiger partial charge on any atom is 0.242 e. The molecule has 0 spiro atoms. The topological polar surface area (TPSA) is 87.3 Å². The number of carbonyl (C=O) groups excluding carboxylic acids is 1. The van der Waals surface area contributed by atoms with Gasteiger partial charge in [0.2, 0.25) is 5.91 Å². The number of nitrogens with one attached hydrogen (secondary N) is 3. The van der Waals surface area contributed by atoms with Gasteiger partial charge in [-0.25, -0.2) is 8.42 Å². The number of hydrogen-bond acceptors (Lipinski definition) is 4. The monoisotopic (exact) mass is 341 g/mol. The van der Waals surface area contributed by atoms with Gasteiger partial charge >= 0.3 is 0 Å². The summed E-state index contributed by atoms with van der Waals surface area (Å²) in [6, 6.07) is 9.96. The van der Waals surface area contributed by atoms with Gasteiger partial charge < -0.3 is 5.32 Å². The number of hydrogen-bond donors (Lipinski definition) is 3. The molecular formula is C14H19N3O3S2. The summed E-state index contributed by atoms with van der Waals surface area (Å²) in [6.45, 7) is 0.642. The van der Waals surface area contributed by atoms with Crippen molar-refractivity contribution in [2.45, 2.75) is 12.8 Å². The van der Waals surface area contributed by atoms with Crippen LogP contribution in [-0.2, 0) is 21.1 Å². The average molecular weight is 341 g/mol. The fraction of sp³-hybridized carbons (Fsp3) is 0.429. The van der Waals surface area contributed by atoms with Gasteiger partial charge in [-0.1, -0.05) is 30.3 Å². The van der Waals surface area contributed by atoms with Crippen LogP contribution in [0.15, 0.2) is 30.3 Å². The van der Waals surface area contributed by atoms with Crippen molar-refractivity contribution in [2.24, 2.45) is 5.92 Å². The molecule has 0 aromatic heterocycles. The molecule has 1 amide bonds. The van der Waals surface area contributed by atoms with Crippen LogP contribution in [0, 0.1) is 5.92 Å². The standard InChI is InChI=1S/C14H19N3O3S2/c18-13(12-7-9-22(19,20)10-12)16-17-14(21)15-8-6-11-4-2-1-3-5-11/h1-5,12H,6-10H2,(H,16,18)(H2,15,17,21)/t12-/m0/s1. The number of rotatable bonds is 4. The third kappa shape index (κ3) is 5.27. The Morgan fingerprint density at radius 3 is 2.59 bits per heavy atom. The van der Waals surface area contributed by atoms with Gasteiger partial charge in [0.05, 0.1) is 17.4 Å². The van der Waals surface area contributed by atoms with E-state index in [1.807, 2.05) is 30.3 Å². The molecule has 1 fully saturated rings. The smallest absolute Gasteiger partial charge is 0.242 e. The Hall–Kier alpha value is -1.67. The van der Waals surface area contributed by atoms with E-state index in [1.54, 1.807) is 0 Å². The number of carbonyl (C=O) groups is 1. The molecule has 0 saturated carbocycles. The second kappa shape index (κ2) is 7.55. The molecule has 3 N–H and O–H groups in total. The van der Waals surface area contributed by atoms with E-state index in [2.05, 4.69) is 16.2 Å². The predicted molar refractivity (Wildman–Crippen MR) is 88.8 cm³/mol. The number of thiocarbonyl (C=S) groups is 1. The molecule has 22 heavy (non-hydrogen) atoms. The summed E-state index contributed by atoms with van der Waals surface area (Å²) in [4.78, 5) is 11.8. The van der Waals surface area contributed by atoms with Crippen LogP contribution in [-0.4, -0.2) is 37.5 Å². The molecule has 0 radical (unpaired) electrons. The van der Waals surface area contributed by atoms with E-state index in [0.717, 1.165) is 6.42 Å². The zero-order chi connectivity index (χ0) is 16.0. The molecule has 0 aliphatic carbocycles. The highest BCUT2D eigenvalue weighted by atomic mass is 32.2. The van der Waals surface area contributed by atoms with Gasteiger partial charge in [0.15, 0.2) is 14.9 Å². The molecule has 1 aromatic carbocycles. The zero-order valence-electron chi connectivity index (χ0n) is 12.0. The van der Waals surface area contributed by atoms with Gasteiger partial charge in [0.1, 0.15) is 0 Å². The van der Waals surface area contributed by atoms with Crippen molar-refractivity contribution in [1.29, 1.82) is 0 Å². The van der Waals surface area contributed by atoms with Crippen LogP contribution < -0.4 is 16.2 Å². The molecule has 120 valence electrons. The Morgan fingerprint density at radius 2 is 1.95 bits per heavy atom. The van der Waals surface area contributed by atoms with Crippen molar-refractivity contribution in [2.75, 3.05) is 18.1 Å². The summed E-state index contributed by atoms with van der Waals surface area (Å²) in [5.74, 6) is -0.850. The lowest BCUT2D eigenvalue weighted by atomic mass is 10.1. The van der Waals surface area contributed by atoms with Gasteiger partial charge in [0.25, 0.3) is 0 Å². The largest absolute Gasteiger partial charge is 0.361 e. The van der Waals surface area contributed by atoms with E-state index in [1.165, 1.54) is 5.56 Å². The molecule has 1 saturated heterocycles. The van der Waals surface area contributed by atoms with E-state index >= 15 is 0 Å². The van der Waals surface area contributed by atoms with Gasteiger partial charge in [-0.2, -0.15) is 0 Å². The van der Waals surface area contributed by atoms with E-state index in [9.17, 15) is 13.2 Å². The Morgan fingerprint density at radius 1 is 1.23 bits per heavy atom. The van der Waals surface area contributed by atoms with Crippen LogP contribution in [0.2, 0.25) is 0 Å². The minimum absolute atomic E-state index is 0.0743. The lowest BCUT2D eigenvalue weighted by molar-refractivity contribution is -0.124. The molecule has 6 nitrogen and oxygen atoms in total. The number of amides is 1. The quantitative estimate of drug-likeness (QED) is 0.534. The molecule has 0 unspecified atom stereocenters. The van der Waals surface area contributed by atoms with Gasteiger partial charge in [-0.05, 0) is 30.6 Å². The fourth-order valence-electron chi connectivity index (χ4n) is 2.23. The molecule has 8 heteroatoms. The SMILES string of the molecule is O=C(NNC(=S)NCCc1ccccc1)[C@H]1CCS(=O)(=O)C1. The predicted octanol–water partition coefficient (Wildman–Crippen LogP) is 0.159. The molecule has 1 aliphatic rings. The molecule has 2 rings (SSSR count). The van der Waals surface area contributed by atoms with Gasteiger partial charge in [-0.3, -0.25) is 15.6 Å². The minimum Gasteiger partial charge on any atom is -0.361 e. The number of hydrazine groups is 1. The van der Waals surface area contributed by atoms with Crippen molar-refractivity contribution in [3.63, 3.8) is 0 Å².